The van der Waals surface area contributed by atoms with E-state index < -0.39 is 17.6 Å². The molecule has 0 aliphatic heterocycles. The second-order valence-electron chi connectivity index (χ2n) is 3.44. The third-order valence-corrected chi connectivity index (χ3v) is 3.28. The monoisotopic (exact) mass is 239 g/mol. The van der Waals surface area contributed by atoms with Gasteiger partial charge in [-0.2, -0.15) is 8.78 Å². The topological polar surface area (TPSA) is 23.1 Å². The lowest BCUT2D eigenvalue weighted by atomic mass is 10.1. The van der Waals surface area contributed by atoms with Gasteiger partial charge in [-0.1, -0.05) is 12.1 Å². The Morgan fingerprint density at radius 2 is 1.69 bits per heavy atom. The fraction of sp³-hybridized carbons (Fsp3) is 0.0833. The van der Waals surface area contributed by atoms with Crippen LogP contribution in [0.3, 0.4) is 0 Å². The van der Waals surface area contributed by atoms with Gasteiger partial charge in [0.05, 0.1) is 0 Å². The Bertz CT molecular complexity index is 464. The average molecular weight is 239 g/mol. The minimum Gasteiger partial charge on any atom is -0.612 e. The normalized spacial score (nSPS) is 13.3. The van der Waals surface area contributed by atoms with E-state index in [9.17, 15) is 13.3 Å². The fourth-order valence-corrected chi connectivity index (χ4v) is 2.07. The predicted octanol–water partition coefficient (Wildman–Crippen LogP) is 3.35. The van der Waals surface area contributed by atoms with Crippen molar-refractivity contribution in [1.82, 2.24) is 0 Å². The number of benzene rings is 2. The van der Waals surface area contributed by atoms with Crippen LogP contribution in [0, 0.1) is 6.43 Å². The maximum absolute atomic E-state index is 12.4. The Labute approximate surface area is 95.3 Å². The lowest BCUT2D eigenvalue weighted by molar-refractivity contribution is 0.325. The van der Waals surface area contributed by atoms with Crippen molar-refractivity contribution in [2.45, 2.75) is 4.90 Å². The van der Waals surface area contributed by atoms with Gasteiger partial charge in [0, 0.05) is 11.6 Å². The Morgan fingerprint density at radius 3 is 2.31 bits per heavy atom. The molecule has 0 saturated heterocycles. The molecule has 0 aromatic heterocycles. The fourth-order valence-electron chi connectivity index (χ4n) is 1.52. The maximum Gasteiger partial charge on any atom is 0.339 e. The SMILES string of the molecule is C[S+]([O-])c1ccc2cc([C](F)F)ccc2c1. The molecule has 1 unspecified atom stereocenters. The van der Waals surface area contributed by atoms with Crippen LogP contribution in [0.4, 0.5) is 8.78 Å². The summed E-state index contributed by atoms with van der Waals surface area (Å²) in [5, 5.41) is 1.54. The van der Waals surface area contributed by atoms with E-state index in [0.717, 1.165) is 10.8 Å². The minimum atomic E-state index is -1.69. The van der Waals surface area contributed by atoms with Gasteiger partial charge in [0.15, 0.2) is 4.90 Å². The van der Waals surface area contributed by atoms with Crippen molar-refractivity contribution < 1.29 is 13.3 Å². The van der Waals surface area contributed by atoms with E-state index >= 15 is 0 Å². The van der Waals surface area contributed by atoms with Crippen LogP contribution in [0.15, 0.2) is 41.3 Å². The van der Waals surface area contributed by atoms with Crippen LogP contribution < -0.4 is 0 Å². The first kappa shape index (κ1) is 11.4. The molecule has 16 heavy (non-hydrogen) atoms. The molecule has 0 spiro atoms. The lowest BCUT2D eigenvalue weighted by Gasteiger charge is -2.06. The van der Waals surface area contributed by atoms with Crippen LogP contribution in [0.25, 0.3) is 10.8 Å². The summed E-state index contributed by atoms with van der Waals surface area (Å²) in [5.41, 5.74) is -0.0714. The van der Waals surface area contributed by atoms with Gasteiger partial charge in [-0.25, -0.2) is 0 Å². The molecular formula is C12H9F2OS. The minimum absolute atomic E-state index is 0.0714. The average Bonchev–Trinajstić information content (AvgIpc) is 2.27. The highest BCUT2D eigenvalue weighted by Crippen LogP contribution is 2.24. The van der Waals surface area contributed by atoms with E-state index in [4.69, 9.17) is 0 Å². The van der Waals surface area contributed by atoms with Gasteiger partial charge in [-0.15, -0.1) is 0 Å². The summed E-state index contributed by atoms with van der Waals surface area (Å²) in [4.78, 5) is 0.699. The summed E-state index contributed by atoms with van der Waals surface area (Å²) in [6, 6.07) is 9.55. The van der Waals surface area contributed by atoms with E-state index in [1.807, 2.05) is 0 Å². The first-order valence-electron chi connectivity index (χ1n) is 4.63. The smallest absolute Gasteiger partial charge is 0.339 e. The standard InChI is InChI=1S/C12H9F2OS/c1-16(15)11-5-4-8-6-10(12(13)14)3-2-9(8)7-11/h2-7H,1H3. The molecule has 0 heterocycles. The zero-order chi connectivity index (χ0) is 11.7. The molecule has 1 radical (unpaired) electrons. The first-order valence-corrected chi connectivity index (χ1v) is 6.19. The predicted molar refractivity (Wildman–Crippen MR) is 60.8 cm³/mol. The van der Waals surface area contributed by atoms with Crippen LogP contribution >= 0.6 is 0 Å². The van der Waals surface area contributed by atoms with E-state index in [-0.39, 0.29) is 5.56 Å². The summed E-state index contributed by atoms with van der Waals surface area (Å²) in [6.45, 7) is 0. The van der Waals surface area contributed by atoms with Crippen LogP contribution in [0.1, 0.15) is 5.56 Å². The lowest BCUT2D eigenvalue weighted by Crippen LogP contribution is -1.96. The molecular weight excluding hydrogens is 230 g/mol. The zero-order valence-corrected chi connectivity index (χ0v) is 9.35. The Balaban J connectivity index is 2.53. The van der Waals surface area contributed by atoms with Gasteiger partial charge < -0.3 is 4.55 Å². The Kier molecular flexibility index (Phi) is 3.12. The molecule has 0 saturated carbocycles. The van der Waals surface area contributed by atoms with Crippen molar-refractivity contribution in [3.63, 3.8) is 0 Å². The molecule has 83 valence electrons. The van der Waals surface area contributed by atoms with E-state index in [0.29, 0.717) is 4.90 Å². The summed E-state index contributed by atoms with van der Waals surface area (Å²) in [7, 11) is 0. The van der Waals surface area contributed by atoms with Gasteiger partial charge in [-0.05, 0) is 40.1 Å². The molecule has 0 bridgehead atoms. The Morgan fingerprint density at radius 1 is 1.06 bits per heavy atom. The van der Waals surface area contributed by atoms with Gasteiger partial charge in [0.2, 0.25) is 0 Å². The first-order chi connectivity index (χ1) is 7.58. The van der Waals surface area contributed by atoms with E-state index in [1.165, 1.54) is 12.1 Å². The van der Waals surface area contributed by atoms with Crippen molar-refractivity contribution in [2.75, 3.05) is 6.26 Å². The summed E-state index contributed by atoms with van der Waals surface area (Å²) < 4.78 is 36.0. The molecule has 0 fully saturated rings. The quantitative estimate of drug-likeness (QED) is 0.737. The van der Waals surface area contributed by atoms with E-state index in [2.05, 4.69) is 0 Å². The van der Waals surface area contributed by atoms with Crippen molar-refractivity contribution in [3.05, 3.63) is 48.4 Å². The van der Waals surface area contributed by atoms with Gasteiger partial charge in [0.1, 0.15) is 6.26 Å². The molecule has 0 aliphatic carbocycles. The third-order valence-electron chi connectivity index (χ3n) is 2.36. The molecule has 0 amide bonds. The van der Waals surface area contributed by atoms with Crippen LogP contribution in [0.5, 0.6) is 0 Å². The van der Waals surface area contributed by atoms with Crippen LogP contribution in [-0.4, -0.2) is 10.8 Å². The molecule has 1 nitrogen and oxygen atoms in total. The maximum atomic E-state index is 12.4. The number of halogens is 2. The largest absolute Gasteiger partial charge is 0.612 e. The molecule has 2 aromatic rings. The molecule has 0 aliphatic rings. The molecule has 1 atom stereocenters. The molecule has 0 N–H and O–H groups in total. The number of hydrogen-bond acceptors (Lipinski definition) is 1. The van der Waals surface area contributed by atoms with Crippen molar-refractivity contribution >= 4 is 21.9 Å². The van der Waals surface area contributed by atoms with Crippen molar-refractivity contribution in [2.24, 2.45) is 0 Å². The number of hydrogen-bond donors (Lipinski definition) is 0. The van der Waals surface area contributed by atoms with Gasteiger partial charge >= 0.3 is 6.43 Å². The highest BCUT2D eigenvalue weighted by atomic mass is 32.2. The van der Waals surface area contributed by atoms with Crippen LogP contribution in [0.2, 0.25) is 0 Å². The molecule has 2 aromatic carbocycles. The summed E-state index contributed by atoms with van der Waals surface area (Å²) >= 11 is -1.05. The highest BCUT2D eigenvalue weighted by Gasteiger charge is 2.11. The Hall–Kier alpha value is -1.13. The summed E-state index contributed by atoms with van der Waals surface area (Å²) in [5.74, 6) is 0. The second-order valence-corrected chi connectivity index (χ2v) is 4.82. The van der Waals surface area contributed by atoms with Gasteiger partial charge in [-0.3, -0.25) is 0 Å². The van der Waals surface area contributed by atoms with Gasteiger partial charge in [0.25, 0.3) is 0 Å². The summed E-state index contributed by atoms with van der Waals surface area (Å²) in [6.07, 6.45) is -0.102. The number of rotatable bonds is 2. The van der Waals surface area contributed by atoms with Crippen molar-refractivity contribution in [1.29, 1.82) is 0 Å². The zero-order valence-electron chi connectivity index (χ0n) is 8.54. The highest BCUT2D eigenvalue weighted by molar-refractivity contribution is 7.90. The van der Waals surface area contributed by atoms with Crippen LogP contribution in [-0.2, 0) is 11.2 Å². The third kappa shape index (κ3) is 2.18. The molecule has 2 rings (SSSR count). The molecule has 4 heteroatoms. The van der Waals surface area contributed by atoms with E-state index in [1.54, 1.807) is 30.5 Å². The number of fused-ring (bicyclic) bond motifs is 1. The van der Waals surface area contributed by atoms with Crippen molar-refractivity contribution in [3.8, 4) is 0 Å². The second kappa shape index (κ2) is 4.39.